The van der Waals surface area contributed by atoms with Crippen LogP contribution in [-0.2, 0) is 14.6 Å². The molecule has 1 atom stereocenters. The minimum atomic E-state index is -3.26. The molecule has 0 aliphatic carbocycles. The molecular weight excluding hydrogens is 264 g/mol. The van der Waals surface area contributed by atoms with Crippen molar-refractivity contribution in [1.29, 1.82) is 0 Å². The summed E-state index contributed by atoms with van der Waals surface area (Å²) in [5.74, 6) is -0.356. The van der Waals surface area contributed by atoms with Crippen LogP contribution in [0.3, 0.4) is 0 Å². The van der Waals surface area contributed by atoms with Crippen LogP contribution in [0, 0.1) is 0 Å². The minimum Gasteiger partial charge on any atom is -0.325 e. The second-order valence-corrected chi connectivity index (χ2v) is 5.59. The predicted molar refractivity (Wildman–Crippen MR) is 69.1 cm³/mol. The number of hydrogen-bond donors (Lipinski definition) is 2. The fraction of sp³-hybridized carbons (Fsp3) is 0.300. The lowest BCUT2D eigenvalue weighted by molar-refractivity contribution is -0.117. The smallest absolute Gasteiger partial charge is 0.240 e. The zero-order valence-electron chi connectivity index (χ0n) is 9.51. The van der Waals surface area contributed by atoms with E-state index in [1.165, 1.54) is 12.1 Å². The summed E-state index contributed by atoms with van der Waals surface area (Å²) >= 11 is 0. The van der Waals surface area contributed by atoms with Crippen molar-refractivity contribution in [2.75, 3.05) is 11.6 Å². The molecule has 1 aromatic rings. The summed E-state index contributed by atoms with van der Waals surface area (Å²) < 4.78 is 22.5. The highest BCUT2D eigenvalue weighted by Gasteiger charge is 2.10. The largest absolute Gasteiger partial charge is 0.325 e. The summed E-state index contributed by atoms with van der Waals surface area (Å²) in [4.78, 5) is 11.4. The van der Waals surface area contributed by atoms with E-state index in [0.29, 0.717) is 5.69 Å². The zero-order valence-corrected chi connectivity index (χ0v) is 11.1. The van der Waals surface area contributed by atoms with Gasteiger partial charge in [0.05, 0.1) is 10.9 Å². The number of nitrogens with one attached hydrogen (secondary N) is 1. The Morgan fingerprint density at radius 3 is 2.47 bits per heavy atom. The second-order valence-electron chi connectivity index (χ2n) is 3.58. The van der Waals surface area contributed by atoms with Gasteiger partial charge in [0.25, 0.3) is 0 Å². The van der Waals surface area contributed by atoms with E-state index in [9.17, 15) is 13.2 Å². The van der Waals surface area contributed by atoms with Gasteiger partial charge in [-0.25, -0.2) is 8.42 Å². The number of anilines is 1. The Balaban J connectivity index is 0.00000256. The van der Waals surface area contributed by atoms with Crippen LogP contribution in [0.4, 0.5) is 5.69 Å². The standard InChI is InChI=1S/C10H14N2O3S.ClH/c1-7(11)10(13)12-8-4-3-5-9(6-8)16(2,14)15;/h3-7H,11H2,1-2H3,(H,12,13);1H/t7-;/m1./s1. The molecule has 17 heavy (non-hydrogen) atoms. The van der Waals surface area contributed by atoms with Gasteiger partial charge in [0.15, 0.2) is 9.84 Å². The normalized spacial score (nSPS) is 12.4. The SMILES string of the molecule is C[C@@H](N)C(=O)Nc1cccc(S(C)(=O)=O)c1.Cl. The van der Waals surface area contributed by atoms with Gasteiger partial charge in [0.1, 0.15) is 0 Å². The number of rotatable bonds is 3. The minimum absolute atomic E-state index is 0. The van der Waals surface area contributed by atoms with Gasteiger partial charge in [-0.3, -0.25) is 4.79 Å². The lowest BCUT2D eigenvalue weighted by atomic mass is 10.3. The first-order chi connectivity index (χ1) is 7.30. The van der Waals surface area contributed by atoms with Crippen molar-refractivity contribution in [3.8, 4) is 0 Å². The molecular formula is C10H15ClN2O3S. The maximum Gasteiger partial charge on any atom is 0.240 e. The van der Waals surface area contributed by atoms with Gasteiger partial charge in [-0.05, 0) is 25.1 Å². The molecule has 5 nitrogen and oxygen atoms in total. The second kappa shape index (κ2) is 6.00. The number of carbonyl (C=O) groups excluding carboxylic acids is 1. The van der Waals surface area contributed by atoms with Crippen LogP contribution < -0.4 is 11.1 Å². The average Bonchev–Trinajstić information content (AvgIpc) is 2.16. The summed E-state index contributed by atoms with van der Waals surface area (Å²) in [6, 6.07) is 5.40. The van der Waals surface area contributed by atoms with E-state index in [1.54, 1.807) is 19.1 Å². The van der Waals surface area contributed by atoms with Crippen LogP contribution in [0.2, 0.25) is 0 Å². The Hall–Kier alpha value is -1.11. The number of carbonyl (C=O) groups is 1. The Morgan fingerprint density at radius 1 is 1.41 bits per heavy atom. The van der Waals surface area contributed by atoms with Gasteiger partial charge in [-0.2, -0.15) is 0 Å². The fourth-order valence-corrected chi connectivity index (χ4v) is 1.73. The molecule has 0 aromatic heterocycles. The van der Waals surface area contributed by atoms with Crippen molar-refractivity contribution in [1.82, 2.24) is 0 Å². The van der Waals surface area contributed by atoms with Crippen molar-refractivity contribution < 1.29 is 13.2 Å². The maximum absolute atomic E-state index is 11.3. The van der Waals surface area contributed by atoms with E-state index in [4.69, 9.17) is 5.73 Å². The first-order valence-electron chi connectivity index (χ1n) is 4.67. The summed E-state index contributed by atoms with van der Waals surface area (Å²) in [7, 11) is -3.26. The van der Waals surface area contributed by atoms with E-state index in [1.807, 2.05) is 0 Å². The molecule has 0 aliphatic rings. The van der Waals surface area contributed by atoms with Gasteiger partial charge in [-0.1, -0.05) is 6.07 Å². The van der Waals surface area contributed by atoms with Crippen molar-refractivity contribution in [3.63, 3.8) is 0 Å². The molecule has 1 rings (SSSR count). The van der Waals surface area contributed by atoms with E-state index in [2.05, 4.69) is 5.32 Å². The first-order valence-corrected chi connectivity index (χ1v) is 6.56. The molecule has 0 spiro atoms. The van der Waals surface area contributed by atoms with Gasteiger partial charge >= 0.3 is 0 Å². The summed E-state index contributed by atoms with van der Waals surface area (Å²) in [5, 5.41) is 2.53. The van der Waals surface area contributed by atoms with Gasteiger partial charge in [-0.15, -0.1) is 12.4 Å². The van der Waals surface area contributed by atoms with Crippen LogP contribution in [0.1, 0.15) is 6.92 Å². The van der Waals surface area contributed by atoms with Crippen LogP contribution >= 0.6 is 12.4 Å². The lowest BCUT2D eigenvalue weighted by Gasteiger charge is -2.08. The summed E-state index contributed by atoms with van der Waals surface area (Å²) in [6.07, 6.45) is 1.11. The molecule has 96 valence electrons. The predicted octanol–water partition coefficient (Wildman–Crippen LogP) is 0.798. The molecule has 0 bridgehead atoms. The van der Waals surface area contributed by atoms with Crippen molar-refractivity contribution in [2.24, 2.45) is 5.73 Å². The monoisotopic (exact) mass is 278 g/mol. The molecule has 0 saturated heterocycles. The molecule has 0 heterocycles. The molecule has 0 unspecified atom stereocenters. The number of sulfone groups is 1. The zero-order chi connectivity index (χ0) is 12.3. The Kier molecular flexibility index (Phi) is 5.60. The highest BCUT2D eigenvalue weighted by molar-refractivity contribution is 7.90. The van der Waals surface area contributed by atoms with Crippen LogP contribution in [0.25, 0.3) is 0 Å². The average molecular weight is 279 g/mol. The summed E-state index contributed by atoms with van der Waals surface area (Å²) in [6.45, 7) is 1.55. The van der Waals surface area contributed by atoms with Gasteiger partial charge in [0.2, 0.25) is 5.91 Å². The lowest BCUT2D eigenvalue weighted by Crippen LogP contribution is -2.32. The van der Waals surface area contributed by atoms with Crippen molar-refractivity contribution in [2.45, 2.75) is 17.9 Å². The number of benzene rings is 1. The Morgan fingerprint density at radius 2 is 2.00 bits per heavy atom. The van der Waals surface area contributed by atoms with Crippen LogP contribution in [0.5, 0.6) is 0 Å². The van der Waals surface area contributed by atoms with E-state index in [-0.39, 0.29) is 23.2 Å². The molecule has 0 fully saturated rings. The van der Waals surface area contributed by atoms with E-state index >= 15 is 0 Å². The number of nitrogens with two attached hydrogens (primary N) is 1. The van der Waals surface area contributed by atoms with Crippen LogP contribution in [0.15, 0.2) is 29.2 Å². The number of amides is 1. The topological polar surface area (TPSA) is 89.3 Å². The van der Waals surface area contributed by atoms with Crippen molar-refractivity contribution >= 4 is 33.8 Å². The third kappa shape index (κ3) is 4.72. The molecule has 1 amide bonds. The first kappa shape index (κ1) is 15.9. The Labute approximate surface area is 107 Å². The van der Waals surface area contributed by atoms with Gasteiger partial charge in [0, 0.05) is 11.9 Å². The molecule has 0 radical (unpaired) electrons. The highest BCUT2D eigenvalue weighted by atomic mass is 35.5. The van der Waals surface area contributed by atoms with E-state index in [0.717, 1.165) is 6.26 Å². The Bertz CT molecular complexity index is 500. The molecule has 0 saturated carbocycles. The summed E-state index contributed by atoms with van der Waals surface area (Å²) in [5.41, 5.74) is 5.80. The van der Waals surface area contributed by atoms with Gasteiger partial charge < -0.3 is 11.1 Å². The fourth-order valence-electron chi connectivity index (χ4n) is 1.06. The van der Waals surface area contributed by atoms with Crippen molar-refractivity contribution in [3.05, 3.63) is 24.3 Å². The quantitative estimate of drug-likeness (QED) is 0.856. The maximum atomic E-state index is 11.3. The molecule has 1 aromatic carbocycles. The molecule has 7 heteroatoms. The number of halogens is 1. The molecule has 3 N–H and O–H groups in total. The highest BCUT2D eigenvalue weighted by Crippen LogP contribution is 2.15. The van der Waals surface area contributed by atoms with E-state index < -0.39 is 15.9 Å². The molecule has 0 aliphatic heterocycles. The third-order valence-electron chi connectivity index (χ3n) is 1.94. The third-order valence-corrected chi connectivity index (χ3v) is 3.05. The number of hydrogen-bond acceptors (Lipinski definition) is 4. The van der Waals surface area contributed by atoms with Crippen LogP contribution in [-0.4, -0.2) is 26.6 Å².